The topological polar surface area (TPSA) is 86.6 Å². The number of nitrogens with zero attached hydrogens (tertiary/aromatic N) is 5. The van der Waals surface area contributed by atoms with Crippen molar-refractivity contribution in [2.24, 2.45) is 0 Å². The molecule has 0 radical (unpaired) electrons. The fraction of sp³-hybridized carbons (Fsp3) is 0.441. The van der Waals surface area contributed by atoms with E-state index in [-0.39, 0.29) is 41.5 Å². The molecule has 0 bridgehead atoms. The average Bonchev–Trinajstić information content (AvgIpc) is 3.74. The van der Waals surface area contributed by atoms with E-state index in [1.807, 2.05) is 11.9 Å². The highest BCUT2D eigenvalue weighted by Crippen LogP contribution is 2.41. The van der Waals surface area contributed by atoms with Crippen LogP contribution in [0.25, 0.3) is 32.9 Å². The Labute approximate surface area is 259 Å². The van der Waals surface area contributed by atoms with E-state index < -0.39 is 29.4 Å². The van der Waals surface area contributed by atoms with E-state index in [9.17, 15) is 13.9 Å². The summed E-state index contributed by atoms with van der Waals surface area (Å²) >= 11 is 0. The molecule has 45 heavy (non-hydrogen) atoms. The van der Waals surface area contributed by atoms with E-state index in [4.69, 9.17) is 16.1 Å². The Bertz CT molecular complexity index is 1830. The molecule has 234 valence electrons. The van der Waals surface area contributed by atoms with Gasteiger partial charge >= 0.3 is 6.01 Å². The fourth-order valence-electron chi connectivity index (χ4n) is 7.68. The summed E-state index contributed by atoms with van der Waals surface area (Å²) in [4.78, 5) is 17.9. The van der Waals surface area contributed by atoms with Crippen LogP contribution in [0.1, 0.15) is 38.2 Å². The van der Waals surface area contributed by atoms with Gasteiger partial charge < -0.3 is 20.1 Å². The van der Waals surface area contributed by atoms with Gasteiger partial charge in [0.25, 0.3) is 0 Å². The number of anilines is 1. The molecule has 3 aliphatic heterocycles. The van der Waals surface area contributed by atoms with E-state index in [1.54, 1.807) is 31.2 Å². The van der Waals surface area contributed by atoms with Gasteiger partial charge in [-0.2, -0.15) is 9.97 Å². The van der Waals surface area contributed by atoms with E-state index in [2.05, 4.69) is 26.1 Å². The van der Waals surface area contributed by atoms with Crippen LogP contribution in [-0.2, 0) is 0 Å². The second-order valence-corrected chi connectivity index (χ2v) is 12.5. The van der Waals surface area contributed by atoms with E-state index >= 15 is 4.39 Å². The second kappa shape index (κ2) is 11.4. The molecule has 2 aromatic heterocycles. The molecule has 7 rings (SSSR count). The Morgan fingerprint density at radius 2 is 2.11 bits per heavy atom. The van der Waals surface area contributed by atoms with Crippen molar-refractivity contribution in [1.29, 1.82) is 0 Å². The lowest BCUT2D eigenvalue weighted by atomic mass is 9.95. The number of pyridine rings is 1. The summed E-state index contributed by atoms with van der Waals surface area (Å²) in [5.74, 6) is 1.50. The zero-order chi connectivity index (χ0) is 31.5. The Hall–Kier alpha value is -3.98. The van der Waals surface area contributed by atoms with Gasteiger partial charge in [0.15, 0.2) is 5.82 Å². The quantitative estimate of drug-likeness (QED) is 0.292. The number of aliphatic hydroxyl groups is 1. The number of terminal acetylenes is 1. The first-order valence-corrected chi connectivity index (χ1v) is 15.4. The third kappa shape index (κ3) is 4.96. The maximum atomic E-state index is 16.7. The Morgan fingerprint density at radius 1 is 1.27 bits per heavy atom. The number of likely N-dealkylation sites (N-methyl/N-ethyl adjacent to an activating group) is 1. The van der Waals surface area contributed by atoms with Gasteiger partial charge in [0.05, 0.1) is 28.6 Å². The molecule has 3 aliphatic rings. The van der Waals surface area contributed by atoms with Crippen molar-refractivity contribution in [2.75, 3.05) is 38.2 Å². The average molecular weight is 617 g/mol. The summed E-state index contributed by atoms with van der Waals surface area (Å²) < 4.78 is 52.2. The molecule has 4 aromatic rings. The first kappa shape index (κ1) is 29.7. The second-order valence-electron chi connectivity index (χ2n) is 12.5. The molecule has 0 unspecified atom stereocenters. The highest BCUT2D eigenvalue weighted by molar-refractivity contribution is 6.02. The lowest BCUT2D eigenvalue weighted by Crippen LogP contribution is -2.48. The van der Waals surface area contributed by atoms with Gasteiger partial charge in [0.2, 0.25) is 0 Å². The number of ether oxygens (including phenoxy) is 1. The fourth-order valence-corrected chi connectivity index (χ4v) is 7.68. The molecule has 3 saturated heterocycles. The summed E-state index contributed by atoms with van der Waals surface area (Å²) in [5, 5.41) is 15.2. The van der Waals surface area contributed by atoms with Crippen LogP contribution >= 0.6 is 0 Å². The minimum atomic E-state index is -0.926. The number of nitrogens with one attached hydrogen (secondary N) is 1. The predicted molar refractivity (Wildman–Crippen MR) is 167 cm³/mol. The molecular formula is C34H35F3N6O2. The number of alkyl halides is 1. The molecule has 5 heterocycles. The smallest absolute Gasteiger partial charge is 0.319 e. The van der Waals surface area contributed by atoms with Gasteiger partial charge in [-0.15, -0.1) is 6.42 Å². The van der Waals surface area contributed by atoms with Crippen LogP contribution in [0, 0.1) is 24.0 Å². The molecular weight excluding hydrogens is 581 g/mol. The predicted octanol–water partition coefficient (Wildman–Crippen LogP) is 4.61. The molecule has 0 aliphatic carbocycles. The largest absolute Gasteiger partial charge is 0.461 e. The number of benzene rings is 2. The van der Waals surface area contributed by atoms with Crippen LogP contribution in [0.4, 0.5) is 19.0 Å². The van der Waals surface area contributed by atoms with Gasteiger partial charge in [-0.1, -0.05) is 30.2 Å². The number of hydrogen-bond acceptors (Lipinski definition) is 8. The zero-order valence-electron chi connectivity index (χ0n) is 25.2. The van der Waals surface area contributed by atoms with E-state index in [0.29, 0.717) is 47.1 Å². The van der Waals surface area contributed by atoms with Crippen molar-refractivity contribution in [3.63, 3.8) is 0 Å². The molecule has 0 spiro atoms. The van der Waals surface area contributed by atoms with Crippen molar-refractivity contribution < 1.29 is 23.0 Å². The standard InChI is InChI=1S/C34H35F3N6O2/c1-4-22-25(36)10-9-20-7-5-8-23(27(20)22)30-28(37)31-24(16-39-30)32(42(3)26-11-13-38-29(26)19(2)44)41-33(40-31)45-18-34-12-6-14-43(34)17-21(35)15-34/h1,5,7-10,16,19,21,26,29,38,44H,6,11-15,17-18H2,2-3H3/t19-,21-,26-,29-,34+/m1/s1. The van der Waals surface area contributed by atoms with E-state index in [1.165, 1.54) is 12.3 Å². The third-order valence-corrected chi connectivity index (χ3v) is 9.85. The lowest BCUT2D eigenvalue weighted by molar-refractivity contribution is 0.107. The molecule has 2 N–H and O–H groups in total. The molecule has 11 heteroatoms. The molecule has 3 fully saturated rings. The highest BCUT2D eigenvalue weighted by atomic mass is 19.1. The first-order chi connectivity index (χ1) is 21.7. The number of rotatable bonds is 7. The lowest BCUT2D eigenvalue weighted by Gasteiger charge is -2.33. The van der Waals surface area contributed by atoms with Gasteiger partial charge in [-0.3, -0.25) is 9.88 Å². The normalized spacial score (nSPS) is 25.5. The van der Waals surface area contributed by atoms with Gasteiger partial charge in [0.1, 0.15) is 35.6 Å². The monoisotopic (exact) mass is 616 g/mol. The van der Waals surface area contributed by atoms with Crippen molar-refractivity contribution in [1.82, 2.24) is 25.2 Å². The molecule has 0 amide bonds. The van der Waals surface area contributed by atoms with Crippen molar-refractivity contribution >= 4 is 27.5 Å². The number of aliphatic hydroxyl groups excluding tert-OH is 1. The third-order valence-electron chi connectivity index (χ3n) is 9.85. The van der Waals surface area contributed by atoms with Crippen molar-refractivity contribution in [3.8, 4) is 29.6 Å². The van der Waals surface area contributed by atoms with Gasteiger partial charge in [-0.25, -0.2) is 13.2 Å². The van der Waals surface area contributed by atoms with Crippen LogP contribution in [0.3, 0.4) is 0 Å². The Balaban J connectivity index is 1.37. The molecule has 2 aromatic carbocycles. The summed E-state index contributed by atoms with van der Waals surface area (Å²) in [6.45, 7) is 3.79. The van der Waals surface area contributed by atoms with E-state index in [0.717, 1.165) is 25.8 Å². The highest BCUT2D eigenvalue weighted by Gasteiger charge is 2.49. The van der Waals surface area contributed by atoms with Crippen LogP contribution in [-0.4, -0.2) is 88.1 Å². The minimum absolute atomic E-state index is 0.0161. The summed E-state index contributed by atoms with van der Waals surface area (Å²) in [7, 11) is 1.85. The Morgan fingerprint density at radius 3 is 2.91 bits per heavy atom. The van der Waals surface area contributed by atoms with Gasteiger partial charge in [0, 0.05) is 43.2 Å². The first-order valence-electron chi connectivity index (χ1n) is 15.4. The summed E-state index contributed by atoms with van der Waals surface area (Å²) in [6.07, 6.45) is 8.50. The van der Waals surface area contributed by atoms with Crippen LogP contribution in [0.2, 0.25) is 0 Å². The van der Waals surface area contributed by atoms with Crippen LogP contribution in [0.5, 0.6) is 6.01 Å². The molecule has 8 nitrogen and oxygen atoms in total. The van der Waals surface area contributed by atoms with Crippen LogP contribution in [0.15, 0.2) is 36.5 Å². The summed E-state index contributed by atoms with van der Waals surface area (Å²) in [5.41, 5.74) is -0.133. The van der Waals surface area contributed by atoms with Gasteiger partial charge in [-0.05, 0) is 50.7 Å². The molecule has 5 atom stereocenters. The number of fused-ring (bicyclic) bond motifs is 3. The number of halogens is 3. The minimum Gasteiger partial charge on any atom is -0.461 e. The maximum absolute atomic E-state index is 16.7. The SMILES string of the molecule is C#Cc1c(F)ccc2cccc(-c3ncc4c(N(C)[C@@H]5CCN[C@@H]5[C@@H](C)O)nc(OC[C@@]56CCCN5C[C@H](F)C6)nc4c3F)c12. The summed E-state index contributed by atoms with van der Waals surface area (Å²) in [6, 6.07) is 7.66. The maximum Gasteiger partial charge on any atom is 0.319 e. The van der Waals surface area contributed by atoms with Crippen molar-refractivity contribution in [3.05, 3.63) is 53.7 Å². The Kier molecular flexibility index (Phi) is 7.55. The molecule has 0 saturated carbocycles. The zero-order valence-corrected chi connectivity index (χ0v) is 25.2. The number of aromatic nitrogens is 3. The number of hydrogen-bond donors (Lipinski definition) is 2. The van der Waals surface area contributed by atoms with Crippen LogP contribution < -0.4 is 15.0 Å². The van der Waals surface area contributed by atoms with Crippen molar-refractivity contribution in [2.45, 2.75) is 62.5 Å².